The summed E-state index contributed by atoms with van der Waals surface area (Å²) in [5, 5.41) is 8.42. The Kier molecular flexibility index (Phi) is 3.01. The number of likely N-dealkylation sites (N-methyl/N-ethyl adjacent to an activating group) is 1. The fourth-order valence-electron chi connectivity index (χ4n) is 2.43. The summed E-state index contributed by atoms with van der Waals surface area (Å²) in [5.74, 6) is 0. The monoisotopic (exact) mass is 247 g/mol. The van der Waals surface area contributed by atoms with E-state index in [1.807, 2.05) is 22.9 Å². The Morgan fingerprint density at radius 3 is 2.89 bits per heavy atom. The maximum absolute atomic E-state index is 5.42. The topological polar surface area (TPSA) is 39.9 Å². The maximum atomic E-state index is 5.42. The molecule has 0 aliphatic carbocycles. The SMILES string of the molecule is C[N+]1(CCn2nnc3ccccc32)CCOCC1. The number of morpholine rings is 1. The van der Waals surface area contributed by atoms with Crippen molar-refractivity contribution in [1.29, 1.82) is 0 Å². The summed E-state index contributed by atoms with van der Waals surface area (Å²) in [6.07, 6.45) is 0. The van der Waals surface area contributed by atoms with Crippen LogP contribution in [0.5, 0.6) is 0 Å². The minimum absolute atomic E-state index is 0.870. The first-order chi connectivity index (χ1) is 8.77. The van der Waals surface area contributed by atoms with Gasteiger partial charge in [0.25, 0.3) is 0 Å². The molecule has 2 heterocycles. The maximum Gasteiger partial charge on any atom is 0.113 e. The molecule has 0 atom stereocenters. The summed E-state index contributed by atoms with van der Waals surface area (Å²) in [6.45, 7) is 5.91. The third-order valence-corrected chi connectivity index (χ3v) is 3.82. The molecule has 5 nitrogen and oxygen atoms in total. The number of para-hydroxylation sites is 1. The first-order valence-corrected chi connectivity index (χ1v) is 6.46. The Balaban J connectivity index is 1.73. The molecule has 0 unspecified atom stereocenters. The van der Waals surface area contributed by atoms with Crippen LogP contribution in [-0.2, 0) is 11.3 Å². The number of rotatable bonds is 3. The second kappa shape index (κ2) is 4.66. The molecule has 0 saturated carbocycles. The Hall–Kier alpha value is -1.46. The second-order valence-electron chi connectivity index (χ2n) is 5.20. The van der Waals surface area contributed by atoms with Gasteiger partial charge in [-0.15, -0.1) is 5.10 Å². The molecule has 5 heteroatoms. The summed E-state index contributed by atoms with van der Waals surface area (Å²) in [4.78, 5) is 0. The van der Waals surface area contributed by atoms with Crippen LogP contribution in [0.4, 0.5) is 0 Å². The molecule has 1 aromatic carbocycles. The van der Waals surface area contributed by atoms with Crippen molar-refractivity contribution in [1.82, 2.24) is 15.0 Å². The second-order valence-corrected chi connectivity index (χ2v) is 5.20. The van der Waals surface area contributed by atoms with Crippen molar-refractivity contribution < 1.29 is 9.22 Å². The van der Waals surface area contributed by atoms with E-state index in [0.29, 0.717) is 0 Å². The standard InChI is InChI=1S/C13H19N4O/c1-17(8-10-18-11-9-17)7-6-16-13-5-3-2-4-12(13)14-15-16/h2-5H,6-11H2,1H3/q+1. The molecular weight excluding hydrogens is 228 g/mol. The Labute approximate surface area is 107 Å². The van der Waals surface area contributed by atoms with Gasteiger partial charge < -0.3 is 9.22 Å². The van der Waals surface area contributed by atoms with Crippen LogP contribution in [0.15, 0.2) is 24.3 Å². The lowest BCUT2D eigenvalue weighted by atomic mass is 10.3. The van der Waals surface area contributed by atoms with Crippen molar-refractivity contribution in [3.63, 3.8) is 0 Å². The van der Waals surface area contributed by atoms with Crippen molar-refractivity contribution >= 4 is 11.0 Å². The van der Waals surface area contributed by atoms with Crippen LogP contribution in [0.25, 0.3) is 11.0 Å². The Morgan fingerprint density at radius 1 is 1.28 bits per heavy atom. The van der Waals surface area contributed by atoms with Gasteiger partial charge in [-0.25, -0.2) is 4.68 Å². The van der Waals surface area contributed by atoms with Gasteiger partial charge in [-0.05, 0) is 12.1 Å². The summed E-state index contributed by atoms with van der Waals surface area (Å²) in [7, 11) is 2.29. The van der Waals surface area contributed by atoms with Crippen LogP contribution in [0.1, 0.15) is 0 Å². The van der Waals surface area contributed by atoms with Gasteiger partial charge in [0.05, 0.1) is 38.9 Å². The zero-order valence-corrected chi connectivity index (χ0v) is 10.7. The van der Waals surface area contributed by atoms with Gasteiger partial charge in [0.15, 0.2) is 0 Å². The van der Waals surface area contributed by atoms with Gasteiger partial charge in [0, 0.05) is 0 Å². The van der Waals surface area contributed by atoms with E-state index < -0.39 is 0 Å². The van der Waals surface area contributed by atoms with Gasteiger partial charge >= 0.3 is 0 Å². The Bertz CT molecular complexity index is 531. The number of nitrogens with zero attached hydrogens (tertiary/aromatic N) is 4. The highest BCUT2D eigenvalue weighted by Crippen LogP contribution is 2.12. The number of fused-ring (bicyclic) bond motifs is 1. The molecule has 0 bridgehead atoms. The van der Waals surface area contributed by atoms with Crippen molar-refractivity contribution in [2.75, 3.05) is 39.9 Å². The van der Waals surface area contributed by atoms with Crippen molar-refractivity contribution in [2.45, 2.75) is 6.54 Å². The first kappa shape index (κ1) is 11.6. The van der Waals surface area contributed by atoms with Crippen LogP contribution < -0.4 is 0 Å². The molecule has 1 aliphatic rings. The van der Waals surface area contributed by atoms with Crippen LogP contribution in [0.3, 0.4) is 0 Å². The highest BCUT2D eigenvalue weighted by molar-refractivity contribution is 5.73. The zero-order valence-electron chi connectivity index (χ0n) is 10.7. The van der Waals surface area contributed by atoms with Gasteiger partial charge in [-0.2, -0.15) is 0 Å². The van der Waals surface area contributed by atoms with E-state index in [1.54, 1.807) is 0 Å². The fourth-order valence-corrected chi connectivity index (χ4v) is 2.43. The number of quaternary nitrogens is 1. The molecule has 1 fully saturated rings. The highest BCUT2D eigenvalue weighted by Gasteiger charge is 2.25. The molecule has 0 spiro atoms. The molecule has 96 valence electrons. The lowest BCUT2D eigenvalue weighted by molar-refractivity contribution is -0.917. The predicted octanol–water partition coefficient (Wildman–Crippen LogP) is 0.908. The molecular formula is C13H19N4O+. The lowest BCUT2D eigenvalue weighted by Crippen LogP contribution is -2.53. The van der Waals surface area contributed by atoms with Crippen molar-refractivity contribution in [2.24, 2.45) is 0 Å². The van der Waals surface area contributed by atoms with Crippen molar-refractivity contribution in [3.05, 3.63) is 24.3 Å². The molecule has 18 heavy (non-hydrogen) atoms. The van der Waals surface area contributed by atoms with Crippen LogP contribution >= 0.6 is 0 Å². The van der Waals surface area contributed by atoms with E-state index in [2.05, 4.69) is 23.4 Å². The molecule has 1 aliphatic heterocycles. The van der Waals surface area contributed by atoms with E-state index in [1.165, 1.54) is 0 Å². The summed E-state index contributed by atoms with van der Waals surface area (Å²) in [6, 6.07) is 8.11. The van der Waals surface area contributed by atoms with Crippen LogP contribution in [0.2, 0.25) is 0 Å². The summed E-state index contributed by atoms with van der Waals surface area (Å²) in [5.41, 5.74) is 2.10. The minimum atomic E-state index is 0.870. The average molecular weight is 247 g/mol. The minimum Gasteiger partial charge on any atom is -0.370 e. The normalized spacial score (nSPS) is 19.2. The highest BCUT2D eigenvalue weighted by atomic mass is 16.5. The fraction of sp³-hybridized carbons (Fsp3) is 0.538. The van der Waals surface area contributed by atoms with E-state index in [4.69, 9.17) is 4.74 Å². The molecule has 0 N–H and O–H groups in total. The van der Waals surface area contributed by atoms with Crippen LogP contribution in [0, 0.1) is 0 Å². The van der Waals surface area contributed by atoms with E-state index in [0.717, 1.165) is 54.9 Å². The molecule has 0 amide bonds. The van der Waals surface area contributed by atoms with Gasteiger partial charge in [0.2, 0.25) is 0 Å². The van der Waals surface area contributed by atoms with Crippen molar-refractivity contribution in [3.8, 4) is 0 Å². The van der Waals surface area contributed by atoms with E-state index in [9.17, 15) is 0 Å². The molecule has 0 radical (unpaired) electrons. The third-order valence-electron chi connectivity index (χ3n) is 3.82. The number of hydrogen-bond donors (Lipinski definition) is 0. The molecule has 1 saturated heterocycles. The van der Waals surface area contributed by atoms with Gasteiger partial charge in [0.1, 0.15) is 18.6 Å². The Morgan fingerprint density at radius 2 is 2.06 bits per heavy atom. The zero-order chi connectivity index (χ0) is 12.4. The smallest absolute Gasteiger partial charge is 0.113 e. The summed E-state index contributed by atoms with van der Waals surface area (Å²) < 4.78 is 8.49. The number of aromatic nitrogens is 3. The average Bonchev–Trinajstić information content (AvgIpc) is 2.81. The number of ether oxygens (including phenoxy) is 1. The van der Waals surface area contributed by atoms with Gasteiger partial charge in [-0.1, -0.05) is 17.3 Å². The molecule has 1 aromatic heterocycles. The third kappa shape index (κ3) is 2.23. The first-order valence-electron chi connectivity index (χ1n) is 6.46. The number of benzene rings is 1. The predicted molar refractivity (Wildman–Crippen MR) is 69.1 cm³/mol. The molecule has 3 rings (SSSR count). The van der Waals surface area contributed by atoms with Crippen LogP contribution in [-0.4, -0.2) is 59.4 Å². The number of hydrogen-bond acceptors (Lipinski definition) is 3. The molecule has 2 aromatic rings. The van der Waals surface area contributed by atoms with E-state index >= 15 is 0 Å². The van der Waals surface area contributed by atoms with Gasteiger partial charge in [-0.3, -0.25) is 0 Å². The lowest BCUT2D eigenvalue weighted by Gasteiger charge is -2.37. The summed E-state index contributed by atoms with van der Waals surface area (Å²) >= 11 is 0. The quantitative estimate of drug-likeness (QED) is 0.757. The largest absolute Gasteiger partial charge is 0.370 e. The van der Waals surface area contributed by atoms with E-state index in [-0.39, 0.29) is 0 Å².